The van der Waals surface area contributed by atoms with E-state index in [2.05, 4.69) is 19.9 Å². The first-order chi connectivity index (χ1) is 5.99. The Morgan fingerprint density at radius 1 is 1.23 bits per heavy atom. The summed E-state index contributed by atoms with van der Waals surface area (Å²) < 4.78 is 0. The summed E-state index contributed by atoms with van der Waals surface area (Å²) in [4.78, 5) is -0.768. The number of hydrogen-bond acceptors (Lipinski definition) is 3. The number of rotatable bonds is 2. The van der Waals surface area contributed by atoms with Crippen molar-refractivity contribution < 1.29 is 0 Å². The lowest BCUT2D eigenvalue weighted by Gasteiger charge is -2.25. The van der Waals surface area contributed by atoms with Gasteiger partial charge in [-0.15, -0.1) is 11.8 Å². The Morgan fingerprint density at radius 3 is 2.38 bits per heavy atom. The summed E-state index contributed by atoms with van der Waals surface area (Å²) in [6.07, 6.45) is 1.92. The molecule has 2 nitrogen and oxygen atoms in total. The molecule has 0 amide bonds. The predicted molar refractivity (Wildman–Crippen MR) is 59.5 cm³/mol. The van der Waals surface area contributed by atoms with Crippen LogP contribution in [0.5, 0.6) is 0 Å². The molecule has 0 spiro atoms. The molecular formula is C10H16N2S. The molecule has 3 heteroatoms. The number of nitrogens with two attached hydrogens (primary N) is 2. The zero-order chi connectivity index (χ0) is 10.1. The predicted octanol–water partition coefficient (Wildman–Crippen LogP) is 1.69. The monoisotopic (exact) mass is 196 g/mol. The van der Waals surface area contributed by atoms with Gasteiger partial charge in [0.25, 0.3) is 0 Å². The van der Waals surface area contributed by atoms with Crippen LogP contribution in [0.3, 0.4) is 0 Å². The molecule has 0 saturated heterocycles. The van der Waals surface area contributed by atoms with Crippen LogP contribution in [0.25, 0.3) is 0 Å². The maximum atomic E-state index is 5.95. The van der Waals surface area contributed by atoms with Crippen molar-refractivity contribution >= 4 is 11.8 Å². The third-order valence-electron chi connectivity index (χ3n) is 2.36. The lowest BCUT2D eigenvalue weighted by molar-refractivity contribution is 0.691. The third kappa shape index (κ3) is 2.05. The Kier molecular flexibility index (Phi) is 3.01. The van der Waals surface area contributed by atoms with Gasteiger partial charge >= 0.3 is 0 Å². The Balaban J connectivity index is 3.22. The van der Waals surface area contributed by atoms with Crippen molar-refractivity contribution in [3.05, 3.63) is 34.9 Å². The number of benzene rings is 1. The standard InChI is InChI=1S/C10H16N2S/c1-7-5-4-6-9(8(7)2)10(11,12)13-3/h4-6H,11-12H2,1-3H3. The molecule has 0 aliphatic carbocycles. The molecule has 0 radical (unpaired) electrons. The molecule has 0 fully saturated rings. The van der Waals surface area contributed by atoms with E-state index in [4.69, 9.17) is 11.5 Å². The summed E-state index contributed by atoms with van der Waals surface area (Å²) in [5, 5.41) is 0. The minimum Gasteiger partial charge on any atom is -0.301 e. The lowest BCUT2D eigenvalue weighted by Crippen LogP contribution is -2.43. The molecule has 0 saturated carbocycles. The van der Waals surface area contributed by atoms with Crippen LogP contribution < -0.4 is 11.5 Å². The summed E-state index contributed by atoms with van der Waals surface area (Å²) >= 11 is 1.46. The molecule has 0 aliphatic heterocycles. The molecule has 1 aromatic carbocycles. The van der Waals surface area contributed by atoms with E-state index in [1.165, 1.54) is 22.9 Å². The molecule has 0 unspecified atom stereocenters. The van der Waals surface area contributed by atoms with Crippen molar-refractivity contribution in [2.24, 2.45) is 11.5 Å². The first-order valence-electron chi connectivity index (χ1n) is 4.18. The fourth-order valence-electron chi connectivity index (χ4n) is 1.28. The van der Waals surface area contributed by atoms with Gasteiger partial charge in [-0.05, 0) is 36.8 Å². The molecule has 0 aromatic heterocycles. The highest BCUT2D eigenvalue weighted by atomic mass is 32.2. The normalized spacial score (nSPS) is 11.8. The van der Waals surface area contributed by atoms with Crippen molar-refractivity contribution in [3.63, 3.8) is 0 Å². The van der Waals surface area contributed by atoms with Crippen LogP contribution >= 0.6 is 11.8 Å². The molecule has 1 rings (SSSR count). The SMILES string of the molecule is CSC(N)(N)c1cccc(C)c1C. The highest BCUT2D eigenvalue weighted by Crippen LogP contribution is 2.27. The summed E-state index contributed by atoms with van der Waals surface area (Å²) in [6.45, 7) is 4.12. The first-order valence-corrected chi connectivity index (χ1v) is 5.41. The van der Waals surface area contributed by atoms with Gasteiger partial charge in [0.2, 0.25) is 0 Å². The minimum atomic E-state index is -0.768. The van der Waals surface area contributed by atoms with E-state index in [1.807, 2.05) is 18.4 Å². The second kappa shape index (κ2) is 3.70. The summed E-state index contributed by atoms with van der Waals surface area (Å²) in [5.41, 5.74) is 15.3. The number of thioether (sulfide) groups is 1. The number of aryl methyl sites for hydroxylation is 1. The Labute approximate surface area is 83.7 Å². The molecule has 0 bridgehead atoms. The van der Waals surface area contributed by atoms with Crippen molar-refractivity contribution in [1.29, 1.82) is 0 Å². The van der Waals surface area contributed by atoms with Gasteiger partial charge in [-0.25, -0.2) is 0 Å². The van der Waals surface area contributed by atoms with Gasteiger partial charge in [0, 0.05) is 0 Å². The average molecular weight is 196 g/mol. The molecule has 1 aromatic rings. The van der Waals surface area contributed by atoms with Gasteiger partial charge in [-0.3, -0.25) is 0 Å². The molecule has 0 atom stereocenters. The quantitative estimate of drug-likeness (QED) is 0.708. The van der Waals surface area contributed by atoms with E-state index >= 15 is 0 Å². The van der Waals surface area contributed by atoms with E-state index in [-0.39, 0.29) is 0 Å². The van der Waals surface area contributed by atoms with Gasteiger partial charge in [-0.1, -0.05) is 18.2 Å². The fraction of sp³-hybridized carbons (Fsp3) is 0.400. The van der Waals surface area contributed by atoms with E-state index in [0.29, 0.717) is 0 Å². The third-order valence-corrected chi connectivity index (χ3v) is 3.26. The maximum Gasteiger partial charge on any atom is 0.138 e. The Hall–Kier alpha value is -0.510. The van der Waals surface area contributed by atoms with Crippen molar-refractivity contribution in [2.75, 3.05) is 6.26 Å². The highest BCUT2D eigenvalue weighted by Gasteiger charge is 2.22. The van der Waals surface area contributed by atoms with Crippen molar-refractivity contribution in [1.82, 2.24) is 0 Å². The summed E-state index contributed by atoms with van der Waals surface area (Å²) in [5.74, 6) is 0. The molecule has 0 aliphatic rings. The fourth-order valence-corrected chi connectivity index (χ4v) is 1.73. The smallest absolute Gasteiger partial charge is 0.138 e. The summed E-state index contributed by atoms with van der Waals surface area (Å²) in [7, 11) is 0. The lowest BCUT2D eigenvalue weighted by atomic mass is 10.0. The van der Waals surface area contributed by atoms with Crippen molar-refractivity contribution in [2.45, 2.75) is 18.8 Å². The highest BCUT2D eigenvalue weighted by molar-refractivity contribution is 7.99. The van der Waals surface area contributed by atoms with Gasteiger partial charge in [0.05, 0.1) is 0 Å². The van der Waals surface area contributed by atoms with Gasteiger partial charge in [-0.2, -0.15) is 0 Å². The van der Waals surface area contributed by atoms with E-state index in [0.717, 1.165) is 5.56 Å². The van der Waals surface area contributed by atoms with Crippen LogP contribution in [0.4, 0.5) is 0 Å². The summed E-state index contributed by atoms with van der Waals surface area (Å²) in [6, 6.07) is 6.04. The topological polar surface area (TPSA) is 52.0 Å². The maximum absolute atomic E-state index is 5.95. The van der Waals surface area contributed by atoms with Gasteiger partial charge < -0.3 is 11.5 Å². The molecule has 4 N–H and O–H groups in total. The molecule has 13 heavy (non-hydrogen) atoms. The zero-order valence-corrected chi connectivity index (χ0v) is 9.11. The Morgan fingerprint density at radius 2 is 1.85 bits per heavy atom. The van der Waals surface area contributed by atoms with E-state index in [1.54, 1.807) is 0 Å². The van der Waals surface area contributed by atoms with Crippen LogP contribution in [-0.4, -0.2) is 6.26 Å². The van der Waals surface area contributed by atoms with Gasteiger partial charge in [0.15, 0.2) is 0 Å². The Bertz CT molecular complexity index is 308. The van der Waals surface area contributed by atoms with Crippen LogP contribution in [-0.2, 0) is 4.99 Å². The largest absolute Gasteiger partial charge is 0.301 e. The first kappa shape index (κ1) is 10.6. The number of hydrogen-bond donors (Lipinski definition) is 2. The zero-order valence-electron chi connectivity index (χ0n) is 8.29. The van der Waals surface area contributed by atoms with Crippen LogP contribution in [0.2, 0.25) is 0 Å². The van der Waals surface area contributed by atoms with Gasteiger partial charge in [0.1, 0.15) is 4.99 Å². The second-order valence-corrected chi connectivity index (χ2v) is 4.33. The molecular weight excluding hydrogens is 180 g/mol. The van der Waals surface area contributed by atoms with Crippen LogP contribution in [0.15, 0.2) is 18.2 Å². The average Bonchev–Trinajstić information content (AvgIpc) is 2.09. The van der Waals surface area contributed by atoms with Crippen molar-refractivity contribution in [3.8, 4) is 0 Å². The van der Waals surface area contributed by atoms with Crippen LogP contribution in [0.1, 0.15) is 16.7 Å². The second-order valence-electron chi connectivity index (χ2n) is 3.24. The molecule has 0 heterocycles. The van der Waals surface area contributed by atoms with E-state index < -0.39 is 4.99 Å². The van der Waals surface area contributed by atoms with E-state index in [9.17, 15) is 0 Å². The minimum absolute atomic E-state index is 0.768. The molecule has 72 valence electrons. The van der Waals surface area contributed by atoms with Crippen LogP contribution in [0, 0.1) is 13.8 Å².